The standard InChI is InChI=1S/C21H33NO2/c1-14-7-6-9-21(3)12-19-16(11-18(14)21)17(20(23)24-19)13-22-10-5-4-8-15(22)2/h15-19H,1,4-13H2,2-3H3/t15-,16+,17-,18-,19-,21-/m0/s1. The molecule has 0 radical (unpaired) electrons. The summed E-state index contributed by atoms with van der Waals surface area (Å²) in [6, 6.07) is 0.615. The summed E-state index contributed by atoms with van der Waals surface area (Å²) < 4.78 is 5.91. The molecule has 3 heteroatoms. The lowest BCUT2D eigenvalue weighted by molar-refractivity contribution is -0.146. The van der Waals surface area contributed by atoms with E-state index >= 15 is 0 Å². The van der Waals surface area contributed by atoms with E-state index in [1.165, 1.54) is 44.1 Å². The Bertz CT molecular complexity index is 530. The Morgan fingerprint density at radius 1 is 1.33 bits per heavy atom. The first-order valence-electron chi connectivity index (χ1n) is 10.1. The summed E-state index contributed by atoms with van der Waals surface area (Å²) in [5.74, 6) is 1.19. The Morgan fingerprint density at radius 3 is 2.96 bits per heavy atom. The Balaban J connectivity index is 1.51. The predicted octanol–water partition coefficient (Wildman–Crippen LogP) is 4.18. The largest absolute Gasteiger partial charge is 0.462 e. The number of nitrogens with zero attached hydrogens (tertiary/aromatic N) is 1. The molecule has 6 atom stereocenters. The molecular weight excluding hydrogens is 298 g/mol. The average molecular weight is 332 g/mol. The fraction of sp³-hybridized carbons (Fsp3) is 0.857. The van der Waals surface area contributed by atoms with Gasteiger partial charge in [-0.2, -0.15) is 0 Å². The lowest BCUT2D eigenvalue weighted by atomic mass is 9.55. The molecule has 3 nitrogen and oxygen atoms in total. The first kappa shape index (κ1) is 16.6. The summed E-state index contributed by atoms with van der Waals surface area (Å²) in [5, 5.41) is 0. The van der Waals surface area contributed by atoms with Crippen LogP contribution >= 0.6 is 0 Å². The third-order valence-electron chi connectivity index (χ3n) is 7.69. The first-order valence-corrected chi connectivity index (χ1v) is 10.1. The van der Waals surface area contributed by atoms with Gasteiger partial charge in [0.1, 0.15) is 6.10 Å². The van der Waals surface area contributed by atoms with Crippen LogP contribution in [0.4, 0.5) is 0 Å². The molecule has 2 saturated carbocycles. The quantitative estimate of drug-likeness (QED) is 0.562. The molecule has 0 amide bonds. The molecule has 24 heavy (non-hydrogen) atoms. The molecule has 2 saturated heterocycles. The van der Waals surface area contributed by atoms with Crippen LogP contribution in [0, 0.1) is 23.2 Å². The van der Waals surface area contributed by atoms with Crippen LogP contribution in [0.2, 0.25) is 0 Å². The highest BCUT2D eigenvalue weighted by Gasteiger charge is 2.55. The molecule has 2 heterocycles. The second-order valence-electron chi connectivity index (χ2n) is 9.24. The summed E-state index contributed by atoms with van der Waals surface area (Å²) in [5.41, 5.74) is 1.75. The van der Waals surface area contributed by atoms with Crippen LogP contribution in [0.5, 0.6) is 0 Å². The van der Waals surface area contributed by atoms with Gasteiger partial charge in [-0.25, -0.2) is 0 Å². The van der Waals surface area contributed by atoms with Crippen molar-refractivity contribution >= 4 is 5.97 Å². The number of carbonyl (C=O) groups excluding carboxylic acids is 1. The molecule has 2 aliphatic heterocycles. The smallest absolute Gasteiger partial charge is 0.310 e. The third-order valence-corrected chi connectivity index (χ3v) is 7.69. The third kappa shape index (κ3) is 2.73. The van der Waals surface area contributed by atoms with Crippen molar-refractivity contribution in [3.8, 4) is 0 Å². The Kier molecular flexibility index (Phi) is 4.27. The van der Waals surface area contributed by atoms with E-state index in [2.05, 4.69) is 25.3 Å². The maximum absolute atomic E-state index is 12.6. The van der Waals surface area contributed by atoms with E-state index in [0.717, 1.165) is 25.9 Å². The van der Waals surface area contributed by atoms with Crippen LogP contribution < -0.4 is 0 Å². The Hall–Kier alpha value is -0.830. The average Bonchev–Trinajstić information content (AvgIpc) is 2.82. The van der Waals surface area contributed by atoms with E-state index in [0.29, 0.717) is 23.3 Å². The summed E-state index contributed by atoms with van der Waals surface area (Å²) >= 11 is 0. The maximum Gasteiger partial charge on any atom is 0.310 e. The number of piperidine rings is 1. The Labute approximate surface area is 146 Å². The van der Waals surface area contributed by atoms with Crippen LogP contribution in [0.1, 0.15) is 65.2 Å². The zero-order chi connectivity index (χ0) is 16.9. The molecule has 4 rings (SSSR count). The number of esters is 1. The molecule has 0 aromatic carbocycles. The van der Waals surface area contributed by atoms with Crippen LogP contribution in [0.3, 0.4) is 0 Å². The zero-order valence-corrected chi connectivity index (χ0v) is 15.4. The minimum absolute atomic E-state index is 0.0793. The molecule has 0 bridgehead atoms. The normalized spacial score (nSPS) is 46.3. The van der Waals surface area contributed by atoms with Gasteiger partial charge in [-0.3, -0.25) is 9.69 Å². The van der Waals surface area contributed by atoms with Gasteiger partial charge in [0.05, 0.1) is 5.92 Å². The number of hydrogen-bond donors (Lipinski definition) is 0. The molecule has 134 valence electrons. The van der Waals surface area contributed by atoms with Gasteiger partial charge in [-0.1, -0.05) is 25.5 Å². The highest BCUT2D eigenvalue weighted by atomic mass is 16.6. The van der Waals surface area contributed by atoms with Gasteiger partial charge in [0, 0.05) is 18.5 Å². The number of fused-ring (bicyclic) bond motifs is 2. The summed E-state index contributed by atoms with van der Waals surface area (Å²) in [6.45, 7) is 11.2. The zero-order valence-electron chi connectivity index (χ0n) is 15.4. The van der Waals surface area contributed by atoms with E-state index in [1.54, 1.807) is 0 Å². The highest BCUT2D eigenvalue weighted by Crippen LogP contribution is 2.57. The minimum Gasteiger partial charge on any atom is -0.462 e. The highest BCUT2D eigenvalue weighted by molar-refractivity contribution is 5.75. The number of carbonyl (C=O) groups is 1. The van der Waals surface area contributed by atoms with E-state index in [4.69, 9.17) is 4.74 Å². The van der Waals surface area contributed by atoms with Gasteiger partial charge in [0.25, 0.3) is 0 Å². The van der Waals surface area contributed by atoms with E-state index < -0.39 is 0 Å². The fourth-order valence-electron chi connectivity index (χ4n) is 6.15. The number of hydrogen-bond acceptors (Lipinski definition) is 3. The van der Waals surface area contributed by atoms with Crippen LogP contribution in [0.15, 0.2) is 12.2 Å². The lowest BCUT2D eigenvalue weighted by Crippen LogP contribution is -2.47. The second-order valence-corrected chi connectivity index (χ2v) is 9.24. The van der Waals surface area contributed by atoms with Crippen LogP contribution in [-0.4, -0.2) is 36.1 Å². The van der Waals surface area contributed by atoms with Gasteiger partial charge in [0.2, 0.25) is 0 Å². The van der Waals surface area contributed by atoms with Crippen LogP contribution in [0.25, 0.3) is 0 Å². The van der Waals surface area contributed by atoms with Gasteiger partial charge in [-0.05, 0) is 69.7 Å². The van der Waals surface area contributed by atoms with Crippen molar-refractivity contribution in [2.75, 3.05) is 13.1 Å². The lowest BCUT2D eigenvalue weighted by Gasteiger charge is -2.50. The number of rotatable bonds is 2. The van der Waals surface area contributed by atoms with Crippen molar-refractivity contribution in [3.63, 3.8) is 0 Å². The van der Waals surface area contributed by atoms with E-state index in [-0.39, 0.29) is 18.0 Å². The van der Waals surface area contributed by atoms with Crippen molar-refractivity contribution in [2.24, 2.45) is 23.2 Å². The monoisotopic (exact) mass is 331 g/mol. The minimum atomic E-state index is 0.0793. The van der Waals surface area contributed by atoms with Crippen LogP contribution in [-0.2, 0) is 9.53 Å². The van der Waals surface area contributed by atoms with E-state index in [1.807, 2.05) is 0 Å². The Morgan fingerprint density at radius 2 is 2.17 bits per heavy atom. The SMILES string of the molecule is C=C1CCC[C@@]2(C)C[C@@H]3OC(=O)[C@@H](CN4CCCC[C@@H]4C)[C@H]3C[C@@H]12. The van der Waals surface area contributed by atoms with Crippen molar-refractivity contribution in [2.45, 2.75) is 77.4 Å². The summed E-state index contributed by atoms with van der Waals surface area (Å²) in [7, 11) is 0. The molecule has 4 aliphatic rings. The molecule has 0 spiro atoms. The topological polar surface area (TPSA) is 29.5 Å². The van der Waals surface area contributed by atoms with Gasteiger partial charge in [-0.15, -0.1) is 0 Å². The second kappa shape index (κ2) is 6.16. The van der Waals surface area contributed by atoms with Gasteiger partial charge < -0.3 is 4.74 Å². The number of ether oxygens (including phenoxy) is 1. The van der Waals surface area contributed by atoms with Crippen molar-refractivity contribution in [3.05, 3.63) is 12.2 Å². The molecule has 2 aliphatic carbocycles. The molecule has 0 N–H and O–H groups in total. The summed E-state index contributed by atoms with van der Waals surface area (Å²) in [4.78, 5) is 15.2. The van der Waals surface area contributed by atoms with Gasteiger partial charge in [0.15, 0.2) is 0 Å². The van der Waals surface area contributed by atoms with Crippen molar-refractivity contribution in [1.29, 1.82) is 0 Å². The molecule has 0 aromatic heterocycles. The number of likely N-dealkylation sites (tertiary alicyclic amines) is 1. The fourth-order valence-corrected chi connectivity index (χ4v) is 6.15. The molecule has 0 unspecified atom stereocenters. The van der Waals surface area contributed by atoms with Crippen molar-refractivity contribution < 1.29 is 9.53 Å². The van der Waals surface area contributed by atoms with Gasteiger partial charge >= 0.3 is 5.97 Å². The number of allylic oxidation sites excluding steroid dienone is 1. The maximum atomic E-state index is 12.6. The summed E-state index contributed by atoms with van der Waals surface area (Å²) in [6.07, 6.45) is 9.93. The van der Waals surface area contributed by atoms with Crippen molar-refractivity contribution in [1.82, 2.24) is 4.90 Å². The van der Waals surface area contributed by atoms with E-state index in [9.17, 15) is 4.79 Å². The molecule has 0 aromatic rings. The predicted molar refractivity (Wildman–Crippen MR) is 95.6 cm³/mol. The first-order chi connectivity index (χ1) is 11.5. The molecular formula is C21H33NO2. The molecule has 4 fully saturated rings.